The second-order valence-corrected chi connectivity index (χ2v) is 4.80. The van der Waals surface area contributed by atoms with Gasteiger partial charge in [0, 0.05) is 22.1 Å². The number of carbonyl (C=O) groups excluding carboxylic acids is 1. The van der Waals surface area contributed by atoms with E-state index in [1.54, 1.807) is 6.33 Å². The summed E-state index contributed by atoms with van der Waals surface area (Å²) in [4.78, 5) is 21.3. The van der Waals surface area contributed by atoms with Gasteiger partial charge < -0.3 is 0 Å². The maximum Gasteiger partial charge on any atom is 0.194 e. The Labute approximate surface area is 109 Å². The molecule has 90 valence electrons. The van der Waals surface area contributed by atoms with Gasteiger partial charge in [0.25, 0.3) is 0 Å². The molecule has 1 heterocycles. The number of hydrogen-bond donors (Lipinski definition) is 0. The smallest absolute Gasteiger partial charge is 0.194 e. The molecule has 0 radical (unpaired) electrons. The number of benzene rings is 2. The highest BCUT2D eigenvalue weighted by Gasteiger charge is 2.26. The Bertz CT molecular complexity index is 852. The van der Waals surface area contributed by atoms with Crippen LogP contribution >= 0.6 is 0 Å². The highest BCUT2D eigenvalue weighted by Crippen LogP contribution is 2.37. The number of hydrogen-bond acceptors (Lipinski definition) is 3. The zero-order chi connectivity index (χ0) is 13.0. The van der Waals surface area contributed by atoms with Crippen LogP contribution in [0.2, 0.25) is 0 Å². The minimum Gasteiger partial charge on any atom is -0.289 e. The molecule has 0 amide bonds. The molecular formula is C16H10N2O. The van der Waals surface area contributed by atoms with E-state index >= 15 is 0 Å². The van der Waals surface area contributed by atoms with Gasteiger partial charge in [-0.1, -0.05) is 24.3 Å². The van der Waals surface area contributed by atoms with Crippen LogP contribution in [-0.4, -0.2) is 15.8 Å². The van der Waals surface area contributed by atoms with E-state index in [2.05, 4.69) is 9.97 Å². The Balaban J connectivity index is 2.27. The van der Waals surface area contributed by atoms with E-state index in [1.807, 2.05) is 43.3 Å². The van der Waals surface area contributed by atoms with Crippen LogP contribution in [-0.2, 0) is 0 Å². The van der Waals surface area contributed by atoms with Gasteiger partial charge in [0.15, 0.2) is 5.78 Å². The van der Waals surface area contributed by atoms with E-state index in [9.17, 15) is 4.79 Å². The van der Waals surface area contributed by atoms with Gasteiger partial charge in [-0.3, -0.25) is 4.79 Å². The molecule has 0 bridgehead atoms. The number of ketones is 1. The van der Waals surface area contributed by atoms with Gasteiger partial charge in [0.05, 0.1) is 11.2 Å². The van der Waals surface area contributed by atoms with Gasteiger partial charge in [0.2, 0.25) is 0 Å². The van der Waals surface area contributed by atoms with Crippen molar-refractivity contribution in [2.75, 3.05) is 0 Å². The normalized spacial score (nSPS) is 12.6. The molecule has 0 saturated heterocycles. The first-order chi connectivity index (χ1) is 9.25. The van der Waals surface area contributed by atoms with Crippen LogP contribution in [0.4, 0.5) is 0 Å². The van der Waals surface area contributed by atoms with Crippen molar-refractivity contribution in [1.82, 2.24) is 9.97 Å². The third-order valence-corrected chi connectivity index (χ3v) is 3.55. The molecule has 0 fully saturated rings. The maximum absolute atomic E-state index is 12.6. The molecule has 0 saturated carbocycles. The summed E-state index contributed by atoms with van der Waals surface area (Å²) in [5, 5.41) is 0.872. The van der Waals surface area contributed by atoms with E-state index in [0.717, 1.165) is 33.3 Å². The average molecular weight is 246 g/mol. The van der Waals surface area contributed by atoms with Gasteiger partial charge in [-0.2, -0.15) is 0 Å². The standard InChI is InChI=1S/C16H10N2O/c1-9-6-12-14-13(7-9)17-8-18-15(14)10-4-2-3-5-11(10)16(12)19/h2-8H,1H3. The summed E-state index contributed by atoms with van der Waals surface area (Å²) >= 11 is 0. The fourth-order valence-corrected chi connectivity index (χ4v) is 2.75. The molecule has 3 aromatic rings. The second-order valence-electron chi connectivity index (χ2n) is 4.80. The van der Waals surface area contributed by atoms with Crippen LogP contribution < -0.4 is 0 Å². The number of aromatic nitrogens is 2. The number of rotatable bonds is 0. The monoisotopic (exact) mass is 246 g/mol. The molecule has 3 nitrogen and oxygen atoms in total. The Hall–Kier alpha value is -2.55. The summed E-state index contributed by atoms with van der Waals surface area (Å²) < 4.78 is 0. The van der Waals surface area contributed by atoms with Gasteiger partial charge in [-0.25, -0.2) is 9.97 Å². The lowest BCUT2D eigenvalue weighted by molar-refractivity contribution is 0.104. The van der Waals surface area contributed by atoms with E-state index in [1.165, 1.54) is 0 Å². The number of nitrogens with zero attached hydrogens (tertiary/aromatic N) is 2. The molecule has 0 N–H and O–H groups in total. The van der Waals surface area contributed by atoms with Crippen LogP contribution in [0.25, 0.3) is 22.2 Å². The maximum atomic E-state index is 12.6. The minimum absolute atomic E-state index is 0.0617. The van der Waals surface area contributed by atoms with E-state index in [-0.39, 0.29) is 5.78 Å². The second kappa shape index (κ2) is 3.48. The molecule has 1 aliphatic carbocycles. The van der Waals surface area contributed by atoms with Crippen molar-refractivity contribution in [3.63, 3.8) is 0 Å². The summed E-state index contributed by atoms with van der Waals surface area (Å²) in [7, 11) is 0. The predicted molar refractivity (Wildman–Crippen MR) is 73.1 cm³/mol. The summed E-state index contributed by atoms with van der Waals surface area (Å²) in [6.45, 7) is 1.98. The first-order valence-electron chi connectivity index (χ1n) is 6.15. The molecular weight excluding hydrogens is 236 g/mol. The molecule has 1 aromatic heterocycles. The Morgan fingerprint density at radius 2 is 1.74 bits per heavy atom. The molecule has 3 heteroatoms. The molecule has 4 rings (SSSR count). The summed E-state index contributed by atoms with van der Waals surface area (Å²) in [5.41, 5.74) is 5.07. The van der Waals surface area contributed by atoms with Crippen LogP contribution in [0, 0.1) is 6.92 Å². The minimum atomic E-state index is 0.0617. The predicted octanol–water partition coefficient (Wildman–Crippen LogP) is 3.15. The molecule has 0 unspecified atom stereocenters. The van der Waals surface area contributed by atoms with Crippen LogP contribution in [0.15, 0.2) is 42.7 Å². The molecule has 0 spiro atoms. The number of fused-ring (bicyclic) bond motifs is 2. The summed E-state index contributed by atoms with van der Waals surface area (Å²) in [6.07, 6.45) is 1.56. The fraction of sp³-hybridized carbons (Fsp3) is 0.0625. The third-order valence-electron chi connectivity index (χ3n) is 3.55. The number of aryl methyl sites for hydroxylation is 1. The van der Waals surface area contributed by atoms with Crippen molar-refractivity contribution in [2.24, 2.45) is 0 Å². The lowest BCUT2D eigenvalue weighted by Crippen LogP contribution is -2.11. The quantitative estimate of drug-likeness (QED) is 0.478. The zero-order valence-corrected chi connectivity index (χ0v) is 10.3. The van der Waals surface area contributed by atoms with Gasteiger partial charge in [0.1, 0.15) is 6.33 Å². The highest BCUT2D eigenvalue weighted by molar-refractivity contribution is 6.24. The van der Waals surface area contributed by atoms with Crippen molar-refractivity contribution in [3.8, 4) is 11.3 Å². The molecule has 0 atom stereocenters. The Morgan fingerprint density at radius 1 is 0.947 bits per heavy atom. The first-order valence-corrected chi connectivity index (χ1v) is 6.15. The van der Waals surface area contributed by atoms with Crippen LogP contribution in [0.3, 0.4) is 0 Å². The Kier molecular flexibility index (Phi) is 1.90. The van der Waals surface area contributed by atoms with Gasteiger partial charge in [-0.05, 0) is 24.6 Å². The Morgan fingerprint density at radius 3 is 2.58 bits per heavy atom. The number of carbonyl (C=O) groups is 1. The lowest BCUT2D eigenvalue weighted by Gasteiger charge is -2.18. The van der Waals surface area contributed by atoms with Crippen molar-refractivity contribution < 1.29 is 4.79 Å². The van der Waals surface area contributed by atoms with Gasteiger partial charge in [-0.15, -0.1) is 0 Å². The van der Waals surface area contributed by atoms with Crippen molar-refractivity contribution in [3.05, 3.63) is 59.4 Å². The van der Waals surface area contributed by atoms with Crippen molar-refractivity contribution >= 4 is 16.7 Å². The summed E-state index contributed by atoms with van der Waals surface area (Å²) in [6, 6.07) is 11.5. The molecule has 1 aliphatic rings. The molecule has 2 aromatic carbocycles. The highest BCUT2D eigenvalue weighted by atomic mass is 16.1. The van der Waals surface area contributed by atoms with Crippen molar-refractivity contribution in [2.45, 2.75) is 6.92 Å². The topological polar surface area (TPSA) is 42.9 Å². The van der Waals surface area contributed by atoms with Crippen molar-refractivity contribution in [1.29, 1.82) is 0 Å². The van der Waals surface area contributed by atoms with Crippen LogP contribution in [0.1, 0.15) is 21.5 Å². The third kappa shape index (κ3) is 1.30. The zero-order valence-electron chi connectivity index (χ0n) is 10.3. The molecule has 0 aliphatic heterocycles. The van der Waals surface area contributed by atoms with Crippen LogP contribution in [0.5, 0.6) is 0 Å². The SMILES string of the molecule is Cc1cc2c3c(ncnc3c1)-c1ccccc1C2=O. The van der Waals surface area contributed by atoms with Gasteiger partial charge >= 0.3 is 0 Å². The molecule has 19 heavy (non-hydrogen) atoms. The lowest BCUT2D eigenvalue weighted by atomic mass is 9.86. The van der Waals surface area contributed by atoms with E-state index in [0.29, 0.717) is 5.56 Å². The first kappa shape index (κ1) is 10.4. The fourth-order valence-electron chi connectivity index (χ4n) is 2.75. The largest absolute Gasteiger partial charge is 0.289 e. The van der Waals surface area contributed by atoms with E-state index in [4.69, 9.17) is 0 Å². The van der Waals surface area contributed by atoms with E-state index < -0.39 is 0 Å². The summed E-state index contributed by atoms with van der Waals surface area (Å²) in [5.74, 6) is 0.0617. The average Bonchev–Trinajstić information content (AvgIpc) is 2.44.